The van der Waals surface area contributed by atoms with Crippen LogP contribution in [0.3, 0.4) is 0 Å². The first-order valence-corrected chi connectivity index (χ1v) is 7.24. The number of hydrogen-bond donors (Lipinski definition) is 1. The van der Waals surface area contributed by atoms with Crippen molar-refractivity contribution in [1.29, 1.82) is 0 Å². The first-order chi connectivity index (χ1) is 9.60. The molecule has 0 aromatic heterocycles. The van der Waals surface area contributed by atoms with Gasteiger partial charge in [-0.25, -0.2) is 0 Å². The molecule has 4 nitrogen and oxygen atoms in total. The van der Waals surface area contributed by atoms with Gasteiger partial charge in [0.05, 0.1) is 20.2 Å². The lowest BCUT2D eigenvalue weighted by atomic mass is 9.88. The lowest BCUT2D eigenvalue weighted by Gasteiger charge is -2.47. The molecule has 4 heteroatoms. The number of carbonyl (C=O) groups excluding carboxylic acids is 1. The van der Waals surface area contributed by atoms with Gasteiger partial charge in [-0.05, 0) is 42.9 Å². The van der Waals surface area contributed by atoms with Crippen LogP contribution in [0.25, 0.3) is 0 Å². The smallest absolute Gasteiger partial charge is 0.223 e. The minimum absolute atomic E-state index is 0.145. The molecule has 1 amide bonds. The number of benzene rings is 1. The maximum atomic E-state index is 12.0. The molecule has 1 aromatic rings. The van der Waals surface area contributed by atoms with Gasteiger partial charge in [-0.1, -0.05) is 12.1 Å². The largest absolute Gasteiger partial charge is 0.497 e. The Morgan fingerprint density at radius 2 is 2.00 bits per heavy atom. The zero-order chi connectivity index (χ0) is 14.2. The summed E-state index contributed by atoms with van der Waals surface area (Å²) in [6.45, 7) is 1.05. The molecule has 1 aliphatic heterocycles. The molecule has 0 radical (unpaired) electrons. The maximum absolute atomic E-state index is 12.0. The molecule has 1 N–H and O–H groups in total. The number of methoxy groups -OCH3 is 1. The Kier molecular flexibility index (Phi) is 3.42. The summed E-state index contributed by atoms with van der Waals surface area (Å²) in [7, 11) is 1.64. The second kappa shape index (κ2) is 5.09. The Balaban J connectivity index is 1.45. The second-order valence-corrected chi connectivity index (χ2v) is 5.98. The number of aryl methyl sites for hydroxylation is 1. The molecular formula is C16H21NO3. The third-order valence-corrected chi connectivity index (χ3v) is 4.41. The number of amides is 1. The van der Waals surface area contributed by atoms with Gasteiger partial charge in [-0.15, -0.1) is 0 Å². The molecule has 108 valence electrons. The highest BCUT2D eigenvalue weighted by atomic mass is 16.5. The lowest BCUT2D eigenvalue weighted by Crippen LogP contribution is -2.64. The maximum Gasteiger partial charge on any atom is 0.223 e. The summed E-state index contributed by atoms with van der Waals surface area (Å²) >= 11 is 0. The minimum atomic E-state index is -0.574. The fourth-order valence-electron chi connectivity index (χ4n) is 2.87. The van der Waals surface area contributed by atoms with Crippen molar-refractivity contribution < 1.29 is 14.6 Å². The van der Waals surface area contributed by atoms with E-state index in [-0.39, 0.29) is 5.91 Å². The first-order valence-electron chi connectivity index (χ1n) is 7.24. The molecule has 1 aromatic carbocycles. The second-order valence-electron chi connectivity index (χ2n) is 5.98. The monoisotopic (exact) mass is 275 g/mol. The van der Waals surface area contributed by atoms with Crippen LogP contribution in [0.15, 0.2) is 24.3 Å². The summed E-state index contributed by atoms with van der Waals surface area (Å²) < 4.78 is 5.11. The van der Waals surface area contributed by atoms with E-state index in [1.165, 1.54) is 0 Å². The van der Waals surface area contributed by atoms with Crippen molar-refractivity contribution in [1.82, 2.24) is 4.90 Å². The number of hydrogen-bond acceptors (Lipinski definition) is 3. The van der Waals surface area contributed by atoms with Gasteiger partial charge in [-0.3, -0.25) is 4.79 Å². The third kappa shape index (κ3) is 2.66. The van der Waals surface area contributed by atoms with Crippen LogP contribution in [0.2, 0.25) is 0 Å². The fourth-order valence-corrected chi connectivity index (χ4v) is 2.87. The Morgan fingerprint density at radius 1 is 1.35 bits per heavy atom. The Bertz CT molecular complexity index is 487. The van der Waals surface area contributed by atoms with Crippen LogP contribution >= 0.6 is 0 Å². The van der Waals surface area contributed by atoms with Crippen molar-refractivity contribution in [2.45, 2.75) is 31.3 Å². The van der Waals surface area contributed by atoms with Gasteiger partial charge in [0.15, 0.2) is 0 Å². The van der Waals surface area contributed by atoms with E-state index in [0.717, 1.165) is 30.6 Å². The number of carbonyl (C=O) groups is 1. The highest BCUT2D eigenvalue weighted by Gasteiger charge is 2.52. The van der Waals surface area contributed by atoms with E-state index >= 15 is 0 Å². The van der Waals surface area contributed by atoms with E-state index in [9.17, 15) is 9.90 Å². The molecule has 2 fully saturated rings. The van der Waals surface area contributed by atoms with Crippen LogP contribution in [0.4, 0.5) is 0 Å². The van der Waals surface area contributed by atoms with E-state index < -0.39 is 5.60 Å². The van der Waals surface area contributed by atoms with E-state index in [0.29, 0.717) is 25.4 Å². The predicted octanol–water partition coefficient (Wildman–Crippen LogP) is 1.61. The number of ether oxygens (including phenoxy) is 1. The standard InChI is InChI=1S/C16H21NO3/c1-20-14-7-2-12(3-8-14)4-9-15(18)17-10-16(19,11-17)13-5-6-13/h2-3,7-8,13,19H,4-6,9-11H2,1H3. The number of β-amino-alcohol motifs (C(OH)–C–C–N with tert-alkyl or cyclic N) is 1. The molecule has 1 saturated carbocycles. The zero-order valence-electron chi connectivity index (χ0n) is 11.8. The fraction of sp³-hybridized carbons (Fsp3) is 0.562. The Labute approximate surface area is 119 Å². The van der Waals surface area contributed by atoms with Gasteiger partial charge in [0.25, 0.3) is 0 Å². The number of nitrogens with zero attached hydrogens (tertiary/aromatic N) is 1. The molecule has 0 atom stereocenters. The van der Waals surface area contributed by atoms with E-state index in [4.69, 9.17) is 4.74 Å². The quantitative estimate of drug-likeness (QED) is 0.888. The van der Waals surface area contributed by atoms with Crippen LogP contribution < -0.4 is 4.74 Å². The molecular weight excluding hydrogens is 254 g/mol. The minimum Gasteiger partial charge on any atom is -0.497 e. The molecule has 1 saturated heterocycles. The summed E-state index contributed by atoms with van der Waals surface area (Å²) in [6.07, 6.45) is 3.48. The molecule has 2 aliphatic rings. The molecule has 1 aliphatic carbocycles. The molecule has 20 heavy (non-hydrogen) atoms. The number of rotatable bonds is 5. The Hall–Kier alpha value is -1.55. The van der Waals surface area contributed by atoms with Crippen LogP contribution in [-0.2, 0) is 11.2 Å². The van der Waals surface area contributed by atoms with Crippen LogP contribution in [0.5, 0.6) is 5.75 Å². The topological polar surface area (TPSA) is 49.8 Å². The number of likely N-dealkylation sites (tertiary alicyclic amines) is 1. The van der Waals surface area contributed by atoms with Crippen molar-refractivity contribution in [3.63, 3.8) is 0 Å². The highest BCUT2D eigenvalue weighted by Crippen LogP contribution is 2.44. The first kappa shape index (κ1) is 13.4. The summed E-state index contributed by atoms with van der Waals surface area (Å²) in [5.41, 5.74) is 0.563. The van der Waals surface area contributed by atoms with E-state index in [2.05, 4.69) is 0 Å². The van der Waals surface area contributed by atoms with Crippen molar-refractivity contribution in [2.75, 3.05) is 20.2 Å². The third-order valence-electron chi connectivity index (χ3n) is 4.41. The van der Waals surface area contributed by atoms with Gasteiger partial charge in [-0.2, -0.15) is 0 Å². The van der Waals surface area contributed by atoms with E-state index in [1.807, 2.05) is 24.3 Å². The predicted molar refractivity (Wildman–Crippen MR) is 75.6 cm³/mol. The van der Waals surface area contributed by atoms with Crippen LogP contribution in [0, 0.1) is 5.92 Å². The summed E-state index contributed by atoms with van der Waals surface area (Å²) in [5.74, 6) is 1.41. The average molecular weight is 275 g/mol. The molecule has 0 spiro atoms. The van der Waals surface area contributed by atoms with Crippen molar-refractivity contribution in [2.24, 2.45) is 5.92 Å². The van der Waals surface area contributed by atoms with Gasteiger partial charge < -0.3 is 14.7 Å². The highest BCUT2D eigenvalue weighted by molar-refractivity contribution is 5.77. The normalized spacial score (nSPS) is 20.4. The van der Waals surface area contributed by atoms with Crippen molar-refractivity contribution in [3.8, 4) is 5.75 Å². The summed E-state index contributed by atoms with van der Waals surface area (Å²) in [5, 5.41) is 10.2. The van der Waals surface area contributed by atoms with Crippen molar-refractivity contribution >= 4 is 5.91 Å². The van der Waals surface area contributed by atoms with Gasteiger partial charge >= 0.3 is 0 Å². The number of aliphatic hydroxyl groups is 1. The SMILES string of the molecule is COc1ccc(CCC(=O)N2CC(O)(C3CC3)C2)cc1. The summed E-state index contributed by atoms with van der Waals surface area (Å²) in [6, 6.07) is 7.80. The van der Waals surface area contributed by atoms with Gasteiger partial charge in [0.2, 0.25) is 5.91 Å². The van der Waals surface area contributed by atoms with Crippen molar-refractivity contribution in [3.05, 3.63) is 29.8 Å². The Morgan fingerprint density at radius 3 is 2.55 bits per heavy atom. The molecule has 3 rings (SSSR count). The molecule has 1 heterocycles. The zero-order valence-corrected chi connectivity index (χ0v) is 11.8. The van der Waals surface area contributed by atoms with Gasteiger partial charge in [0, 0.05) is 6.42 Å². The van der Waals surface area contributed by atoms with E-state index in [1.54, 1.807) is 12.0 Å². The summed E-state index contributed by atoms with van der Waals surface area (Å²) in [4.78, 5) is 13.8. The van der Waals surface area contributed by atoms with Crippen LogP contribution in [-0.4, -0.2) is 41.7 Å². The lowest BCUT2D eigenvalue weighted by molar-refractivity contribution is -0.159. The molecule has 0 bridgehead atoms. The van der Waals surface area contributed by atoms with Gasteiger partial charge in [0.1, 0.15) is 11.4 Å². The van der Waals surface area contributed by atoms with Crippen LogP contribution in [0.1, 0.15) is 24.8 Å². The average Bonchev–Trinajstić information content (AvgIpc) is 3.26. The molecule has 0 unspecified atom stereocenters.